The van der Waals surface area contributed by atoms with Gasteiger partial charge in [0.15, 0.2) is 5.75 Å². The first-order chi connectivity index (χ1) is 9.99. The number of hydrogen-bond donors (Lipinski definition) is 1. The Morgan fingerprint density at radius 3 is 2.14 bits per heavy atom. The van der Waals surface area contributed by atoms with Gasteiger partial charge in [-0.25, -0.2) is 0 Å². The molecule has 7 nitrogen and oxygen atoms in total. The highest BCUT2D eigenvalue weighted by Crippen LogP contribution is 2.47. The van der Waals surface area contributed by atoms with Crippen LogP contribution in [0.15, 0.2) is 9.59 Å². The zero-order chi connectivity index (χ0) is 15.9. The van der Waals surface area contributed by atoms with Crippen LogP contribution in [0.2, 0.25) is 0 Å². The Morgan fingerprint density at radius 2 is 1.62 bits per heavy atom. The minimum Gasteiger partial charge on any atom is -0.489 e. The minimum atomic E-state index is -3.09. The van der Waals surface area contributed by atoms with Gasteiger partial charge in [0.05, 0.1) is 31.5 Å². The second-order valence-electron chi connectivity index (χ2n) is 4.25. The maximum atomic E-state index is 12.2. The lowest BCUT2D eigenvalue weighted by atomic mass is 10.1. The molecule has 0 radical (unpaired) electrons. The van der Waals surface area contributed by atoms with Gasteiger partial charge in [-0.3, -0.25) is 14.2 Å². The Bertz CT molecular complexity index is 553. The number of ether oxygens (including phenoxy) is 1. The summed E-state index contributed by atoms with van der Waals surface area (Å²) in [5.41, 5.74) is -0.767. The predicted octanol–water partition coefficient (Wildman–Crippen LogP) is 1.04. The molecule has 21 heavy (non-hydrogen) atoms. The summed E-state index contributed by atoms with van der Waals surface area (Å²) in [6.07, 6.45) is 0.202. The SMILES string of the molecule is CCOc1c(CNCCP(=O)(OCC)OCC)c(=O)c1=O. The molecule has 1 N–H and O–H groups in total. The molecule has 0 saturated carbocycles. The molecule has 0 bridgehead atoms. The van der Waals surface area contributed by atoms with E-state index < -0.39 is 18.5 Å². The summed E-state index contributed by atoms with van der Waals surface area (Å²) < 4.78 is 27.6. The van der Waals surface area contributed by atoms with E-state index >= 15 is 0 Å². The average molecular weight is 319 g/mol. The average Bonchev–Trinajstić information content (AvgIpc) is 2.45. The normalized spacial score (nSPS) is 12.0. The van der Waals surface area contributed by atoms with E-state index in [0.29, 0.717) is 31.9 Å². The van der Waals surface area contributed by atoms with E-state index in [9.17, 15) is 14.2 Å². The van der Waals surface area contributed by atoms with Crippen molar-refractivity contribution in [2.24, 2.45) is 0 Å². The lowest BCUT2D eigenvalue weighted by molar-refractivity contribution is 0.220. The minimum absolute atomic E-state index is 0.132. The molecule has 1 aromatic carbocycles. The molecule has 0 spiro atoms. The van der Waals surface area contributed by atoms with Gasteiger partial charge in [0.25, 0.3) is 5.43 Å². The monoisotopic (exact) mass is 319 g/mol. The van der Waals surface area contributed by atoms with E-state index in [0.717, 1.165) is 0 Å². The smallest absolute Gasteiger partial charge is 0.331 e. The molecule has 1 rings (SSSR count). The Balaban J connectivity index is 2.47. The molecule has 0 aliphatic carbocycles. The maximum absolute atomic E-state index is 12.2. The van der Waals surface area contributed by atoms with E-state index in [2.05, 4.69) is 5.32 Å². The van der Waals surface area contributed by atoms with Crippen LogP contribution < -0.4 is 20.9 Å². The van der Waals surface area contributed by atoms with Gasteiger partial charge in [-0.05, 0) is 20.8 Å². The fourth-order valence-electron chi connectivity index (χ4n) is 1.86. The largest absolute Gasteiger partial charge is 0.489 e. The molecule has 1 aromatic rings. The highest BCUT2D eigenvalue weighted by Gasteiger charge is 2.24. The van der Waals surface area contributed by atoms with Gasteiger partial charge in [0.1, 0.15) is 0 Å². The van der Waals surface area contributed by atoms with Crippen LogP contribution in [-0.4, -0.2) is 32.5 Å². The Labute approximate surface area is 123 Å². The fraction of sp³-hybridized carbons (Fsp3) is 0.692. The van der Waals surface area contributed by atoms with Gasteiger partial charge in [-0.15, -0.1) is 0 Å². The number of hydrogen-bond acceptors (Lipinski definition) is 7. The first-order valence-electron chi connectivity index (χ1n) is 7.02. The third-order valence-corrected chi connectivity index (χ3v) is 4.84. The molecule has 0 saturated heterocycles. The molecule has 8 heteroatoms. The summed E-state index contributed by atoms with van der Waals surface area (Å²) in [5, 5.41) is 2.96. The van der Waals surface area contributed by atoms with E-state index in [4.69, 9.17) is 13.8 Å². The van der Waals surface area contributed by atoms with Gasteiger partial charge in [0, 0.05) is 13.1 Å². The van der Waals surface area contributed by atoms with Gasteiger partial charge in [-0.1, -0.05) is 0 Å². The third kappa shape index (κ3) is 4.74. The first kappa shape index (κ1) is 18.0. The van der Waals surface area contributed by atoms with E-state index in [1.165, 1.54) is 0 Å². The second kappa shape index (κ2) is 8.44. The van der Waals surface area contributed by atoms with Gasteiger partial charge < -0.3 is 19.1 Å². The van der Waals surface area contributed by atoms with Crippen molar-refractivity contribution in [3.63, 3.8) is 0 Å². The first-order valence-corrected chi connectivity index (χ1v) is 8.75. The van der Waals surface area contributed by atoms with Crippen LogP contribution in [0.3, 0.4) is 0 Å². The summed E-state index contributed by atoms with van der Waals surface area (Å²) in [6.45, 7) is 6.75. The lowest BCUT2D eigenvalue weighted by Gasteiger charge is -2.17. The van der Waals surface area contributed by atoms with Crippen molar-refractivity contribution in [2.45, 2.75) is 27.3 Å². The van der Waals surface area contributed by atoms with Crippen LogP contribution in [0, 0.1) is 0 Å². The summed E-state index contributed by atoms with van der Waals surface area (Å²) in [6, 6.07) is 0. The summed E-state index contributed by atoms with van der Waals surface area (Å²) in [5.74, 6) is 0.132. The van der Waals surface area contributed by atoms with Crippen LogP contribution >= 0.6 is 7.60 Å². The molecule has 0 fully saturated rings. The molecular formula is C13H22NO6P. The van der Waals surface area contributed by atoms with Crippen LogP contribution in [0.1, 0.15) is 26.3 Å². The highest BCUT2D eigenvalue weighted by atomic mass is 31.2. The van der Waals surface area contributed by atoms with Gasteiger partial charge in [0.2, 0.25) is 5.43 Å². The summed E-state index contributed by atoms with van der Waals surface area (Å²) in [7, 11) is -3.09. The number of nitrogens with one attached hydrogen (secondary N) is 1. The molecule has 0 unspecified atom stereocenters. The molecule has 0 amide bonds. The zero-order valence-electron chi connectivity index (χ0n) is 12.6. The third-order valence-electron chi connectivity index (χ3n) is 2.77. The number of rotatable bonds is 11. The van der Waals surface area contributed by atoms with Gasteiger partial charge in [-0.2, -0.15) is 0 Å². The molecule has 0 atom stereocenters. The van der Waals surface area contributed by atoms with Crippen molar-refractivity contribution in [3.8, 4) is 5.75 Å². The Hall–Kier alpha value is -1.01. The summed E-state index contributed by atoms with van der Waals surface area (Å²) in [4.78, 5) is 22.7. The highest BCUT2D eigenvalue weighted by molar-refractivity contribution is 7.53. The van der Waals surface area contributed by atoms with Crippen LogP contribution in [0.4, 0.5) is 0 Å². The van der Waals surface area contributed by atoms with Crippen molar-refractivity contribution >= 4 is 7.60 Å². The standard InChI is InChI=1S/C13H22NO6P/c1-4-18-13-10(11(15)12(13)16)9-14-7-8-21(17,19-5-2)20-6-3/h14H,4-9H2,1-3H3. The second-order valence-corrected chi connectivity index (χ2v) is 6.43. The van der Waals surface area contributed by atoms with E-state index in [1.54, 1.807) is 20.8 Å². The van der Waals surface area contributed by atoms with Crippen LogP contribution in [0.25, 0.3) is 0 Å². The lowest BCUT2D eigenvalue weighted by Crippen LogP contribution is -2.39. The molecule has 0 aromatic heterocycles. The predicted molar refractivity (Wildman–Crippen MR) is 80.0 cm³/mol. The summed E-state index contributed by atoms with van der Waals surface area (Å²) >= 11 is 0. The molecule has 0 aliphatic rings. The quantitative estimate of drug-likeness (QED) is 0.370. The Morgan fingerprint density at radius 1 is 1.00 bits per heavy atom. The van der Waals surface area contributed by atoms with Crippen molar-refractivity contribution in [3.05, 3.63) is 26.0 Å². The molecule has 120 valence electrons. The van der Waals surface area contributed by atoms with Crippen molar-refractivity contribution < 1.29 is 18.3 Å². The molecule has 0 heterocycles. The fourth-order valence-corrected chi connectivity index (χ4v) is 3.42. The van der Waals surface area contributed by atoms with Crippen molar-refractivity contribution in [1.82, 2.24) is 5.32 Å². The maximum Gasteiger partial charge on any atom is 0.331 e. The zero-order valence-corrected chi connectivity index (χ0v) is 13.5. The molecular weight excluding hydrogens is 297 g/mol. The molecule has 0 aliphatic heterocycles. The van der Waals surface area contributed by atoms with Gasteiger partial charge >= 0.3 is 7.60 Å². The topological polar surface area (TPSA) is 90.9 Å². The van der Waals surface area contributed by atoms with Crippen molar-refractivity contribution in [1.29, 1.82) is 0 Å². The van der Waals surface area contributed by atoms with Crippen LogP contribution in [-0.2, 0) is 20.2 Å². The van der Waals surface area contributed by atoms with E-state index in [-0.39, 0.29) is 18.5 Å². The Kier molecular flexibility index (Phi) is 7.25. The van der Waals surface area contributed by atoms with Crippen molar-refractivity contribution in [2.75, 3.05) is 32.5 Å². The van der Waals surface area contributed by atoms with Crippen LogP contribution in [0.5, 0.6) is 5.75 Å². The van der Waals surface area contributed by atoms with E-state index in [1.807, 2.05) is 0 Å².